The van der Waals surface area contributed by atoms with Gasteiger partial charge >= 0.3 is 17.4 Å². The molecular weight excluding hydrogens is 473 g/mol. The van der Waals surface area contributed by atoms with Crippen LogP contribution in [0.25, 0.3) is 0 Å². The molecule has 11 heteroatoms. The van der Waals surface area contributed by atoms with Crippen molar-refractivity contribution in [2.24, 2.45) is 0 Å². The minimum atomic E-state index is -2.86. The zero-order valence-corrected chi connectivity index (χ0v) is 24.9. The van der Waals surface area contributed by atoms with Gasteiger partial charge in [-0.05, 0) is 86.4 Å². The second-order valence-corrected chi connectivity index (χ2v) is 14.4. The molecule has 0 aromatic heterocycles. The van der Waals surface area contributed by atoms with Crippen molar-refractivity contribution in [1.29, 1.82) is 0 Å². The maximum atomic E-state index is 5.92. The molecule has 0 spiro atoms. The monoisotopic (exact) mass is 516 g/mol. The lowest BCUT2D eigenvalue weighted by molar-refractivity contribution is -0.00949. The molecule has 0 atom stereocenters. The van der Waals surface area contributed by atoms with E-state index in [1.54, 1.807) is 13.8 Å². The average molecular weight is 517 g/mol. The third-order valence-corrected chi connectivity index (χ3v) is 8.83. The second kappa shape index (κ2) is 17.5. The van der Waals surface area contributed by atoms with Crippen LogP contribution in [0, 0.1) is 0 Å². The molecular formula is C20H44O7S2Si2. The normalized spacial score (nSPS) is 12.1. The smallest absolute Gasteiger partial charge is 0.485 e. The van der Waals surface area contributed by atoms with Crippen LogP contribution in [0.5, 0.6) is 0 Å². The fourth-order valence-corrected chi connectivity index (χ4v) is 7.62. The van der Waals surface area contributed by atoms with E-state index in [-0.39, 0.29) is 24.5 Å². The summed E-state index contributed by atoms with van der Waals surface area (Å²) in [6.45, 7) is 22.4. The van der Waals surface area contributed by atoms with Crippen molar-refractivity contribution in [3.63, 3.8) is 0 Å². The van der Waals surface area contributed by atoms with Gasteiger partial charge in [0.1, 0.15) is 6.23 Å². The van der Waals surface area contributed by atoms with Gasteiger partial charge in [-0.25, -0.2) is 0 Å². The zero-order valence-electron chi connectivity index (χ0n) is 21.2. The maximum absolute atomic E-state index is 5.92. The predicted molar refractivity (Wildman–Crippen MR) is 138 cm³/mol. The van der Waals surface area contributed by atoms with Crippen molar-refractivity contribution in [2.75, 3.05) is 25.7 Å². The number of rotatable bonds is 14. The van der Waals surface area contributed by atoms with Crippen LogP contribution in [0.2, 0.25) is 6.55 Å². The molecule has 0 heterocycles. The Labute approximate surface area is 203 Å². The van der Waals surface area contributed by atoms with E-state index >= 15 is 0 Å². The van der Waals surface area contributed by atoms with Crippen LogP contribution in [-0.4, -0.2) is 71.5 Å². The summed E-state index contributed by atoms with van der Waals surface area (Å²) in [6.07, 6.45) is 0.788. The van der Waals surface area contributed by atoms with Crippen molar-refractivity contribution >= 4 is 51.9 Å². The van der Waals surface area contributed by atoms with E-state index in [4.69, 9.17) is 56.0 Å². The van der Waals surface area contributed by atoms with Gasteiger partial charge in [0.05, 0.1) is 0 Å². The van der Waals surface area contributed by atoms with Gasteiger partial charge in [-0.15, -0.1) is 0 Å². The van der Waals surface area contributed by atoms with Gasteiger partial charge in [-0.2, -0.15) is 0 Å². The van der Waals surface area contributed by atoms with E-state index in [9.17, 15) is 0 Å². The van der Waals surface area contributed by atoms with Crippen molar-refractivity contribution in [1.82, 2.24) is 0 Å². The highest BCUT2D eigenvalue weighted by atomic mass is 32.1. The Morgan fingerprint density at radius 2 is 1.00 bits per heavy atom. The highest BCUT2D eigenvalue weighted by Gasteiger charge is 2.46. The summed E-state index contributed by atoms with van der Waals surface area (Å²) in [4.78, 5) is 0. The minimum Gasteiger partial charge on any atom is -0.485 e. The standard InChI is InChI=1S/C12H26O4SSi.C8H18O3SSi/c1-9(2)14-18(15-10(3)4,16-11(5)6)8-13-12(7)17;1-5-10-13(4,11-6-2)7-9-8(3)12/h9-11H,8H2,1-7H3;5-7H2,1-4H3. The molecule has 31 heavy (non-hydrogen) atoms. The zero-order chi connectivity index (χ0) is 24.7. The van der Waals surface area contributed by atoms with Crippen molar-refractivity contribution in [3.8, 4) is 0 Å². The molecule has 0 aliphatic rings. The van der Waals surface area contributed by atoms with Gasteiger partial charge in [0, 0.05) is 45.4 Å². The van der Waals surface area contributed by atoms with Crippen molar-refractivity contribution < 1.29 is 31.6 Å². The summed E-state index contributed by atoms with van der Waals surface area (Å²) in [6, 6.07) is 0. The van der Waals surface area contributed by atoms with Crippen LogP contribution in [0.3, 0.4) is 0 Å². The summed E-state index contributed by atoms with van der Waals surface area (Å²) in [7, 11) is -4.98. The van der Waals surface area contributed by atoms with Crippen molar-refractivity contribution in [2.45, 2.75) is 94.1 Å². The first kappa shape index (κ1) is 33.2. The molecule has 0 aliphatic heterocycles. The quantitative estimate of drug-likeness (QED) is 0.231. The lowest BCUT2D eigenvalue weighted by Crippen LogP contribution is -2.55. The molecule has 186 valence electrons. The summed E-state index contributed by atoms with van der Waals surface area (Å²) in [5.74, 6) is 0. The average Bonchev–Trinajstić information content (AvgIpc) is 2.57. The molecule has 0 radical (unpaired) electrons. The summed E-state index contributed by atoms with van der Waals surface area (Å²) in [5, 5.41) is 1.01. The summed E-state index contributed by atoms with van der Waals surface area (Å²) in [5.41, 5.74) is 0. The topological polar surface area (TPSA) is 64.6 Å². The second-order valence-electron chi connectivity index (χ2n) is 7.74. The SMILES string of the molecule is CC(=S)OC[Si](OC(C)C)(OC(C)C)OC(C)C.CCO[Si](C)(COC(C)=S)OCC. The Hall–Kier alpha value is 0.0138. The van der Waals surface area contributed by atoms with E-state index in [1.165, 1.54) is 0 Å². The van der Waals surface area contributed by atoms with Gasteiger partial charge in [0.15, 0.2) is 16.3 Å². The summed E-state index contributed by atoms with van der Waals surface area (Å²) >= 11 is 9.76. The molecule has 7 nitrogen and oxygen atoms in total. The van der Waals surface area contributed by atoms with E-state index < -0.39 is 17.4 Å². The molecule has 0 saturated heterocycles. The van der Waals surface area contributed by atoms with Gasteiger partial charge in [-0.3, -0.25) is 0 Å². The fraction of sp³-hybridized carbons (Fsp3) is 0.900. The van der Waals surface area contributed by atoms with Crippen LogP contribution in [0.4, 0.5) is 0 Å². The molecule has 0 aliphatic carbocycles. The molecule has 0 fully saturated rings. The summed E-state index contributed by atoms with van der Waals surface area (Å²) < 4.78 is 39.5. The minimum absolute atomic E-state index is 0.0168. The van der Waals surface area contributed by atoms with E-state index in [0.29, 0.717) is 29.5 Å². The molecule has 0 rings (SSSR count). The number of ether oxygens (including phenoxy) is 2. The van der Waals surface area contributed by atoms with Gasteiger partial charge in [-0.1, -0.05) is 0 Å². The van der Waals surface area contributed by atoms with Crippen LogP contribution in [0.15, 0.2) is 0 Å². The maximum Gasteiger partial charge on any atom is 0.541 e. The van der Waals surface area contributed by atoms with Crippen LogP contribution in [0.1, 0.15) is 69.2 Å². The van der Waals surface area contributed by atoms with E-state index in [2.05, 4.69) is 0 Å². The Morgan fingerprint density at radius 1 is 0.677 bits per heavy atom. The Bertz CT molecular complexity index is 473. The molecule has 0 amide bonds. The predicted octanol–water partition coefficient (Wildman–Crippen LogP) is 5.14. The highest BCUT2D eigenvalue weighted by Crippen LogP contribution is 2.18. The van der Waals surface area contributed by atoms with Gasteiger partial charge < -0.3 is 31.6 Å². The first-order valence-electron chi connectivity index (χ1n) is 10.8. The van der Waals surface area contributed by atoms with Crippen LogP contribution >= 0.6 is 24.4 Å². The van der Waals surface area contributed by atoms with Crippen LogP contribution < -0.4 is 0 Å². The highest BCUT2D eigenvalue weighted by molar-refractivity contribution is 7.80. The third kappa shape index (κ3) is 19.2. The fourth-order valence-electron chi connectivity index (χ4n) is 2.42. The molecule has 0 unspecified atom stereocenters. The van der Waals surface area contributed by atoms with E-state index in [1.807, 2.05) is 61.9 Å². The van der Waals surface area contributed by atoms with Gasteiger partial charge in [0.2, 0.25) is 0 Å². The first-order valence-corrected chi connectivity index (χ1v) is 16.1. The lowest BCUT2D eigenvalue weighted by atomic mass is 10.5. The van der Waals surface area contributed by atoms with Crippen molar-refractivity contribution in [3.05, 3.63) is 0 Å². The number of thiocarbonyl (C=S) groups is 2. The largest absolute Gasteiger partial charge is 0.541 e. The first-order chi connectivity index (χ1) is 14.2. The molecule has 0 bridgehead atoms. The number of hydrogen-bond donors (Lipinski definition) is 0. The molecule has 0 aromatic carbocycles. The Balaban J connectivity index is 0. The van der Waals surface area contributed by atoms with E-state index in [0.717, 1.165) is 0 Å². The van der Waals surface area contributed by atoms with Crippen LogP contribution in [-0.2, 0) is 31.6 Å². The molecule has 0 saturated carbocycles. The number of hydrogen-bond acceptors (Lipinski definition) is 9. The molecule has 0 N–H and O–H groups in total. The third-order valence-electron chi connectivity index (χ3n) is 3.13. The molecule has 0 aromatic rings. The lowest BCUT2D eigenvalue weighted by Gasteiger charge is -2.33. The Kier molecular flexibility index (Phi) is 18.7. The Morgan fingerprint density at radius 3 is 1.26 bits per heavy atom. The van der Waals surface area contributed by atoms with Gasteiger partial charge in [0.25, 0.3) is 0 Å².